The van der Waals surface area contributed by atoms with Gasteiger partial charge in [-0.2, -0.15) is 0 Å². The molecule has 0 atom stereocenters. The molecule has 0 unspecified atom stereocenters. The van der Waals surface area contributed by atoms with E-state index in [-0.39, 0.29) is 15.9 Å². The third kappa shape index (κ3) is 4.37. The Bertz CT molecular complexity index is 800. The number of sulfonamides is 1. The topological polar surface area (TPSA) is 79.6 Å². The van der Waals surface area contributed by atoms with Crippen LogP contribution in [-0.2, 0) is 10.0 Å². The van der Waals surface area contributed by atoms with E-state index in [0.717, 1.165) is 12.8 Å². The molecule has 6 nitrogen and oxygen atoms in total. The van der Waals surface area contributed by atoms with Crippen LogP contribution in [0.1, 0.15) is 30.3 Å². The van der Waals surface area contributed by atoms with E-state index in [0.29, 0.717) is 12.2 Å². The smallest absolute Gasteiger partial charge is 0.291 e. The Balaban J connectivity index is 2.08. The number of halogens is 1. The van der Waals surface area contributed by atoms with Crippen molar-refractivity contribution in [2.24, 2.45) is 0 Å². The molecule has 0 aliphatic heterocycles. The van der Waals surface area contributed by atoms with Crippen molar-refractivity contribution in [3.05, 3.63) is 47.4 Å². The lowest BCUT2D eigenvalue weighted by atomic mass is 10.3. The van der Waals surface area contributed by atoms with Crippen LogP contribution < -0.4 is 5.32 Å². The van der Waals surface area contributed by atoms with Gasteiger partial charge in [-0.1, -0.05) is 13.3 Å². The number of nitrogens with zero attached hydrogens (tertiary/aromatic N) is 1. The summed E-state index contributed by atoms with van der Waals surface area (Å²) < 4.78 is 31.2. The molecule has 1 aromatic carbocycles. The summed E-state index contributed by atoms with van der Waals surface area (Å²) in [6.07, 6.45) is 1.72. The van der Waals surface area contributed by atoms with Crippen molar-refractivity contribution in [3.63, 3.8) is 0 Å². The van der Waals surface area contributed by atoms with Crippen LogP contribution in [-0.4, -0.2) is 32.2 Å². The number of hydrogen-bond donors (Lipinski definition) is 1. The van der Waals surface area contributed by atoms with Gasteiger partial charge < -0.3 is 9.73 Å². The van der Waals surface area contributed by atoms with Crippen LogP contribution in [0.25, 0.3) is 0 Å². The summed E-state index contributed by atoms with van der Waals surface area (Å²) >= 11 is 5.63. The molecule has 0 aliphatic rings. The lowest BCUT2D eigenvalue weighted by Gasteiger charge is -2.17. The average Bonchev–Trinajstić information content (AvgIpc) is 2.99. The SMILES string of the molecule is CCCCN(C)S(=O)(=O)c1ccc(NC(=O)c2ccc(Cl)o2)cc1. The maximum atomic E-state index is 12.4. The van der Waals surface area contributed by atoms with Gasteiger partial charge in [0, 0.05) is 19.3 Å². The first kappa shape index (κ1) is 18.5. The van der Waals surface area contributed by atoms with E-state index in [1.165, 1.54) is 40.7 Å². The van der Waals surface area contributed by atoms with Gasteiger partial charge in [0.2, 0.25) is 10.0 Å². The van der Waals surface area contributed by atoms with Gasteiger partial charge >= 0.3 is 0 Å². The second kappa shape index (κ2) is 7.83. The third-order valence-corrected chi connectivity index (χ3v) is 5.52. The first-order valence-electron chi connectivity index (χ1n) is 7.47. The average molecular weight is 371 g/mol. The molecule has 2 aromatic rings. The fraction of sp³-hybridized carbons (Fsp3) is 0.312. The second-order valence-electron chi connectivity index (χ2n) is 5.26. The van der Waals surface area contributed by atoms with Gasteiger partial charge in [0.25, 0.3) is 5.91 Å². The maximum Gasteiger partial charge on any atom is 0.291 e. The number of rotatable bonds is 7. The van der Waals surface area contributed by atoms with Crippen molar-refractivity contribution in [2.45, 2.75) is 24.7 Å². The van der Waals surface area contributed by atoms with Gasteiger partial charge in [-0.15, -0.1) is 0 Å². The zero-order chi connectivity index (χ0) is 17.7. The number of anilines is 1. The molecule has 0 bridgehead atoms. The van der Waals surface area contributed by atoms with Crippen LogP contribution >= 0.6 is 11.6 Å². The van der Waals surface area contributed by atoms with E-state index in [1.54, 1.807) is 7.05 Å². The fourth-order valence-electron chi connectivity index (χ4n) is 2.02. The van der Waals surface area contributed by atoms with E-state index < -0.39 is 15.9 Å². The Morgan fingerprint density at radius 1 is 1.21 bits per heavy atom. The van der Waals surface area contributed by atoms with E-state index in [1.807, 2.05) is 6.92 Å². The largest absolute Gasteiger partial charge is 0.440 e. The first-order chi connectivity index (χ1) is 11.3. The van der Waals surface area contributed by atoms with Gasteiger partial charge in [0.15, 0.2) is 11.0 Å². The molecule has 24 heavy (non-hydrogen) atoms. The normalized spacial score (nSPS) is 11.7. The van der Waals surface area contributed by atoms with Gasteiger partial charge in [-0.3, -0.25) is 4.79 Å². The highest BCUT2D eigenvalue weighted by atomic mass is 35.5. The fourth-order valence-corrected chi connectivity index (χ4v) is 3.38. The minimum absolute atomic E-state index is 0.0796. The molecular weight excluding hydrogens is 352 g/mol. The number of nitrogens with one attached hydrogen (secondary N) is 1. The van der Waals surface area contributed by atoms with Crippen molar-refractivity contribution in [2.75, 3.05) is 18.9 Å². The number of furan rings is 1. The summed E-state index contributed by atoms with van der Waals surface area (Å²) in [7, 11) is -1.96. The molecule has 1 N–H and O–H groups in total. The Hall–Kier alpha value is -1.83. The van der Waals surface area contributed by atoms with E-state index >= 15 is 0 Å². The summed E-state index contributed by atoms with van der Waals surface area (Å²) in [4.78, 5) is 12.1. The Labute approximate surface area is 146 Å². The number of benzene rings is 1. The summed E-state index contributed by atoms with van der Waals surface area (Å²) in [5.41, 5.74) is 0.461. The Morgan fingerprint density at radius 3 is 2.42 bits per heavy atom. The number of amides is 1. The van der Waals surface area contributed by atoms with Crippen molar-refractivity contribution < 1.29 is 17.6 Å². The zero-order valence-corrected chi connectivity index (χ0v) is 15.0. The molecule has 1 amide bonds. The molecule has 0 radical (unpaired) electrons. The second-order valence-corrected chi connectivity index (χ2v) is 7.68. The number of unbranched alkanes of at least 4 members (excludes halogenated alkanes) is 1. The van der Waals surface area contributed by atoms with Gasteiger partial charge in [0.05, 0.1) is 4.90 Å². The van der Waals surface area contributed by atoms with Crippen LogP contribution in [0.4, 0.5) is 5.69 Å². The Morgan fingerprint density at radius 2 is 1.88 bits per heavy atom. The number of carbonyl (C=O) groups excluding carboxylic acids is 1. The van der Waals surface area contributed by atoms with Crippen LogP contribution in [0.3, 0.4) is 0 Å². The summed E-state index contributed by atoms with van der Waals surface area (Å²) in [6, 6.07) is 8.91. The number of carbonyl (C=O) groups is 1. The molecule has 130 valence electrons. The first-order valence-corrected chi connectivity index (χ1v) is 9.29. The van der Waals surface area contributed by atoms with Gasteiger partial charge in [-0.25, -0.2) is 12.7 Å². The molecule has 1 aromatic heterocycles. The highest BCUT2D eigenvalue weighted by molar-refractivity contribution is 7.89. The lowest BCUT2D eigenvalue weighted by molar-refractivity contribution is 0.0997. The molecule has 2 rings (SSSR count). The predicted molar refractivity (Wildman–Crippen MR) is 92.8 cm³/mol. The maximum absolute atomic E-state index is 12.4. The summed E-state index contributed by atoms with van der Waals surface area (Å²) in [5, 5.41) is 2.74. The Kier molecular flexibility index (Phi) is 6.04. The predicted octanol–water partition coefficient (Wildman–Crippen LogP) is 3.61. The van der Waals surface area contributed by atoms with Crippen LogP contribution in [0.2, 0.25) is 5.22 Å². The quantitative estimate of drug-likeness (QED) is 0.807. The van der Waals surface area contributed by atoms with Crippen molar-refractivity contribution in [1.29, 1.82) is 0 Å². The van der Waals surface area contributed by atoms with Crippen molar-refractivity contribution >= 4 is 33.2 Å². The minimum Gasteiger partial charge on any atom is -0.440 e. The highest BCUT2D eigenvalue weighted by Gasteiger charge is 2.20. The number of hydrogen-bond acceptors (Lipinski definition) is 4. The van der Waals surface area contributed by atoms with Gasteiger partial charge in [0.1, 0.15) is 0 Å². The minimum atomic E-state index is -3.52. The van der Waals surface area contributed by atoms with E-state index in [4.69, 9.17) is 16.0 Å². The lowest BCUT2D eigenvalue weighted by Crippen LogP contribution is -2.27. The highest BCUT2D eigenvalue weighted by Crippen LogP contribution is 2.19. The monoisotopic (exact) mass is 370 g/mol. The van der Waals surface area contributed by atoms with E-state index in [9.17, 15) is 13.2 Å². The molecular formula is C16H19ClN2O4S. The van der Waals surface area contributed by atoms with E-state index in [2.05, 4.69) is 5.32 Å². The third-order valence-electron chi connectivity index (χ3n) is 3.44. The van der Waals surface area contributed by atoms with Crippen LogP contribution in [0, 0.1) is 0 Å². The molecule has 0 saturated carbocycles. The standard InChI is InChI=1S/C16H19ClN2O4S/c1-3-4-11-19(2)24(21,22)13-7-5-12(6-8-13)18-16(20)14-9-10-15(17)23-14/h5-10H,3-4,11H2,1-2H3,(H,18,20). The molecule has 0 spiro atoms. The van der Waals surface area contributed by atoms with Gasteiger partial charge in [-0.05, 0) is 54.4 Å². The summed E-state index contributed by atoms with van der Waals surface area (Å²) in [5.74, 6) is -0.381. The van der Waals surface area contributed by atoms with Crippen LogP contribution in [0.5, 0.6) is 0 Å². The molecule has 0 saturated heterocycles. The summed E-state index contributed by atoms with van der Waals surface area (Å²) in [6.45, 7) is 2.47. The zero-order valence-electron chi connectivity index (χ0n) is 13.5. The van der Waals surface area contributed by atoms with Crippen molar-refractivity contribution in [3.8, 4) is 0 Å². The molecule has 0 aliphatic carbocycles. The molecule has 0 fully saturated rings. The molecule has 8 heteroatoms. The van der Waals surface area contributed by atoms with Crippen molar-refractivity contribution in [1.82, 2.24) is 4.31 Å². The van der Waals surface area contributed by atoms with Crippen LogP contribution in [0.15, 0.2) is 45.7 Å². The molecule has 1 heterocycles.